The Labute approximate surface area is 68.0 Å². The Morgan fingerprint density at radius 2 is 2.20 bits per heavy atom. The van der Waals surface area contributed by atoms with Crippen molar-refractivity contribution >= 4 is 22.0 Å². The van der Waals surface area contributed by atoms with Gasteiger partial charge in [0.25, 0.3) is 0 Å². The molecule has 3 heteroatoms. The molecule has 54 valence electrons. The van der Waals surface area contributed by atoms with Crippen molar-refractivity contribution in [3.8, 4) is 0 Å². The van der Waals surface area contributed by atoms with Crippen LogP contribution in [0.3, 0.4) is 0 Å². The molecule has 0 radical (unpaired) electrons. The van der Waals surface area contributed by atoms with Crippen molar-refractivity contribution in [2.24, 2.45) is 0 Å². The molecular weight excluding hydrogens is 194 g/mol. The summed E-state index contributed by atoms with van der Waals surface area (Å²) >= 11 is 3.19. The molecule has 2 nitrogen and oxygen atoms in total. The van der Waals surface area contributed by atoms with Crippen molar-refractivity contribution in [1.82, 2.24) is 5.16 Å². The number of aromatic nitrogens is 1. The van der Waals surface area contributed by atoms with Gasteiger partial charge in [-0.25, -0.2) is 0 Å². The zero-order valence-electron chi connectivity index (χ0n) is 5.89. The average Bonchev–Trinajstić information content (AvgIpc) is 2.20. The first-order valence-electron chi connectivity index (χ1n) is 2.95. The smallest absolute Gasteiger partial charge is 0.141 e. The lowest BCUT2D eigenvalue weighted by atomic mass is 10.2. The van der Waals surface area contributed by atoms with E-state index in [1.54, 1.807) is 4.99 Å². The van der Waals surface area contributed by atoms with Crippen LogP contribution in [0.2, 0.25) is 0 Å². The van der Waals surface area contributed by atoms with Gasteiger partial charge in [-0.15, -0.1) is 0 Å². The van der Waals surface area contributed by atoms with E-state index in [1.807, 2.05) is 19.9 Å². The van der Waals surface area contributed by atoms with Crippen LogP contribution in [-0.2, 0) is 0 Å². The van der Waals surface area contributed by atoms with Gasteiger partial charge in [-0.3, -0.25) is 0 Å². The Morgan fingerprint density at radius 1 is 1.50 bits per heavy atom. The summed E-state index contributed by atoms with van der Waals surface area (Å²) < 4.78 is 4.93. The lowest BCUT2D eigenvalue weighted by Crippen LogP contribution is -1.74. The zero-order chi connectivity index (χ0) is 7.56. The van der Waals surface area contributed by atoms with Gasteiger partial charge in [0.2, 0.25) is 0 Å². The molecular formula is C7H8BrNO. The number of hydrogen-bond donors (Lipinski definition) is 0. The van der Waals surface area contributed by atoms with E-state index in [0.29, 0.717) is 0 Å². The predicted molar refractivity (Wildman–Crippen MR) is 43.9 cm³/mol. The molecule has 1 heterocycles. The lowest BCUT2D eigenvalue weighted by molar-refractivity contribution is 0.393. The summed E-state index contributed by atoms with van der Waals surface area (Å²) in [7, 11) is 0. The summed E-state index contributed by atoms with van der Waals surface area (Å²) in [5.41, 5.74) is 1.98. The van der Waals surface area contributed by atoms with Gasteiger partial charge in [0.15, 0.2) is 0 Å². The second-order valence-corrected chi connectivity index (χ2v) is 2.56. The van der Waals surface area contributed by atoms with E-state index < -0.39 is 0 Å². The van der Waals surface area contributed by atoms with Gasteiger partial charge in [0.1, 0.15) is 5.76 Å². The third kappa shape index (κ3) is 1.29. The van der Waals surface area contributed by atoms with Crippen molar-refractivity contribution in [3.63, 3.8) is 0 Å². The SMILES string of the molecule is Cc1noc(C)c1/C=C/Br. The topological polar surface area (TPSA) is 26.0 Å². The molecule has 0 spiro atoms. The highest BCUT2D eigenvalue weighted by Crippen LogP contribution is 2.14. The maximum absolute atomic E-state index is 4.93. The molecule has 0 unspecified atom stereocenters. The second kappa shape index (κ2) is 3.01. The number of aryl methyl sites for hydroxylation is 2. The molecule has 0 bridgehead atoms. The van der Waals surface area contributed by atoms with Gasteiger partial charge in [0.05, 0.1) is 5.69 Å². The molecule has 0 saturated heterocycles. The third-order valence-corrected chi connectivity index (χ3v) is 1.58. The van der Waals surface area contributed by atoms with Gasteiger partial charge in [-0.05, 0) is 24.9 Å². The summed E-state index contributed by atoms with van der Waals surface area (Å²) in [4.78, 5) is 1.79. The molecule has 0 aliphatic carbocycles. The molecule has 0 fully saturated rings. The highest BCUT2D eigenvalue weighted by Gasteiger charge is 2.03. The van der Waals surface area contributed by atoms with Gasteiger partial charge < -0.3 is 4.52 Å². The summed E-state index contributed by atoms with van der Waals surface area (Å²) in [5.74, 6) is 0.855. The Balaban J connectivity index is 3.10. The summed E-state index contributed by atoms with van der Waals surface area (Å²) in [6, 6.07) is 0. The fraction of sp³-hybridized carbons (Fsp3) is 0.286. The van der Waals surface area contributed by atoms with Crippen molar-refractivity contribution in [2.75, 3.05) is 0 Å². The van der Waals surface area contributed by atoms with Gasteiger partial charge in [-0.2, -0.15) is 0 Å². The molecule has 1 aromatic heterocycles. The van der Waals surface area contributed by atoms with E-state index in [-0.39, 0.29) is 0 Å². The lowest BCUT2D eigenvalue weighted by Gasteiger charge is -1.84. The molecule has 0 N–H and O–H groups in total. The van der Waals surface area contributed by atoms with E-state index >= 15 is 0 Å². The first-order chi connectivity index (χ1) is 4.75. The number of hydrogen-bond acceptors (Lipinski definition) is 2. The first kappa shape index (κ1) is 7.54. The van der Waals surface area contributed by atoms with Crippen LogP contribution < -0.4 is 0 Å². The molecule has 1 aromatic rings. The molecule has 0 aromatic carbocycles. The number of nitrogens with zero attached hydrogens (tertiary/aromatic N) is 1. The van der Waals surface area contributed by atoms with Crippen LogP contribution in [0.5, 0.6) is 0 Å². The minimum atomic E-state index is 0.855. The highest BCUT2D eigenvalue weighted by atomic mass is 79.9. The Morgan fingerprint density at radius 3 is 2.60 bits per heavy atom. The molecule has 10 heavy (non-hydrogen) atoms. The summed E-state index contributed by atoms with van der Waals surface area (Å²) in [5, 5.41) is 3.79. The van der Waals surface area contributed by atoms with Gasteiger partial charge in [0, 0.05) is 5.56 Å². The first-order valence-corrected chi connectivity index (χ1v) is 3.87. The van der Waals surface area contributed by atoms with E-state index in [4.69, 9.17) is 4.52 Å². The number of rotatable bonds is 1. The van der Waals surface area contributed by atoms with Crippen LogP contribution in [-0.4, -0.2) is 5.16 Å². The van der Waals surface area contributed by atoms with Crippen LogP contribution in [0.1, 0.15) is 17.0 Å². The zero-order valence-corrected chi connectivity index (χ0v) is 7.47. The average molecular weight is 202 g/mol. The minimum Gasteiger partial charge on any atom is -0.361 e. The van der Waals surface area contributed by atoms with Crippen LogP contribution in [0.15, 0.2) is 9.51 Å². The molecule has 0 aliphatic heterocycles. The van der Waals surface area contributed by atoms with Gasteiger partial charge in [-0.1, -0.05) is 21.1 Å². The van der Waals surface area contributed by atoms with Crippen molar-refractivity contribution in [1.29, 1.82) is 0 Å². The maximum Gasteiger partial charge on any atom is 0.141 e. The van der Waals surface area contributed by atoms with E-state index in [1.165, 1.54) is 0 Å². The van der Waals surface area contributed by atoms with Crippen molar-refractivity contribution in [2.45, 2.75) is 13.8 Å². The van der Waals surface area contributed by atoms with E-state index in [9.17, 15) is 0 Å². The molecule has 0 amide bonds. The largest absolute Gasteiger partial charge is 0.361 e. The summed E-state index contributed by atoms with van der Waals surface area (Å²) in [6.07, 6.45) is 1.92. The number of halogens is 1. The fourth-order valence-electron chi connectivity index (χ4n) is 0.791. The van der Waals surface area contributed by atoms with Crippen molar-refractivity contribution < 1.29 is 4.52 Å². The normalized spacial score (nSPS) is 11.1. The standard InChI is InChI=1S/C7H8BrNO/c1-5-7(3-4-8)6(2)10-9-5/h3-4H,1-2H3/b4-3+. The van der Waals surface area contributed by atoms with Crippen LogP contribution in [0.4, 0.5) is 0 Å². The Bertz CT molecular complexity index is 233. The monoisotopic (exact) mass is 201 g/mol. The van der Waals surface area contributed by atoms with Gasteiger partial charge >= 0.3 is 0 Å². The highest BCUT2D eigenvalue weighted by molar-refractivity contribution is 9.11. The molecule has 0 saturated carbocycles. The van der Waals surface area contributed by atoms with Crippen LogP contribution in [0.25, 0.3) is 6.08 Å². The summed E-state index contributed by atoms with van der Waals surface area (Å²) in [6.45, 7) is 3.81. The van der Waals surface area contributed by atoms with E-state index in [0.717, 1.165) is 17.0 Å². The Kier molecular flexibility index (Phi) is 2.27. The molecule has 0 aliphatic rings. The predicted octanol–water partition coefficient (Wildman–Crippen LogP) is 2.66. The van der Waals surface area contributed by atoms with Crippen molar-refractivity contribution in [3.05, 3.63) is 22.0 Å². The maximum atomic E-state index is 4.93. The van der Waals surface area contributed by atoms with E-state index in [2.05, 4.69) is 21.1 Å². The Hall–Kier alpha value is -0.570. The third-order valence-electron chi connectivity index (χ3n) is 1.32. The molecule has 1 rings (SSSR count). The minimum absolute atomic E-state index is 0.855. The van der Waals surface area contributed by atoms with Crippen LogP contribution in [0, 0.1) is 13.8 Å². The fourth-order valence-corrected chi connectivity index (χ4v) is 1.06. The van der Waals surface area contributed by atoms with Crippen LogP contribution >= 0.6 is 15.9 Å². The quantitative estimate of drug-likeness (QED) is 0.699. The molecule has 0 atom stereocenters. The second-order valence-electron chi connectivity index (χ2n) is 2.03.